The smallest absolute Gasteiger partial charge is 0.329 e. The number of aliphatic hydroxyl groups excluding tert-OH is 1. The highest BCUT2D eigenvalue weighted by Gasteiger charge is 2.53. The van der Waals surface area contributed by atoms with Crippen LogP contribution >= 0.6 is 0 Å². The SMILES string of the molecule is CO[C@H]1C[C@@H]2CC[C@@H](C)[C@@](O)(O2)C(=O)C(=O)N2CCCC[C@H]2C(=O)O[C@H]([C@H](C)C[C@@H]2CC[C@@H](O)[C@H](OC)C2)CC(=O)[C@H](C)/C=C(/C)[C@@H](OC)[C@@H](OC)C(=O)[C@H](C)C[C@H](C)/C=C\C=CC=C1C. The number of hydrogen-bond donors (Lipinski definition) is 2. The van der Waals surface area contributed by atoms with Crippen molar-refractivity contribution in [2.45, 2.75) is 180 Å². The van der Waals surface area contributed by atoms with Crippen molar-refractivity contribution < 1.29 is 62.6 Å². The number of aliphatic hydroxyl groups is 2. The third-order valence-electron chi connectivity index (χ3n) is 14.7. The molecule has 0 spiro atoms. The van der Waals surface area contributed by atoms with E-state index in [1.807, 2.05) is 58.1 Å². The van der Waals surface area contributed by atoms with Crippen molar-refractivity contribution in [2.24, 2.45) is 35.5 Å². The van der Waals surface area contributed by atoms with Crippen molar-refractivity contribution in [3.05, 3.63) is 47.6 Å². The Bertz CT molecular complexity index is 1770. The van der Waals surface area contributed by atoms with E-state index in [2.05, 4.69) is 0 Å². The normalized spacial score (nSPS) is 38.7. The van der Waals surface area contributed by atoms with E-state index in [0.717, 1.165) is 12.0 Å². The number of ether oxygens (including phenoxy) is 6. The number of methoxy groups -OCH3 is 4. The summed E-state index contributed by atoms with van der Waals surface area (Å²) in [5, 5.41) is 22.5. The average Bonchev–Trinajstić information content (AvgIpc) is 3.29. The number of hydrogen-bond acceptors (Lipinski definition) is 13. The number of cyclic esters (lactones) is 1. The van der Waals surface area contributed by atoms with Crippen LogP contribution in [0.2, 0.25) is 0 Å². The molecule has 4 aliphatic rings. The van der Waals surface area contributed by atoms with Crippen LogP contribution < -0.4 is 0 Å². The maximum atomic E-state index is 14.4. The minimum absolute atomic E-state index is 0.0599. The molecule has 2 N–H and O–H groups in total. The van der Waals surface area contributed by atoms with Crippen LogP contribution in [0.15, 0.2) is 47.6 Å². The molecule has 4 rings (SSSR count). The number of carbonyl (C=O) groups excluding carboxylic acids is 5. The number of piperidine rings is 1. The molecule has 0 unspecified atom stereocenters. The lowest BCUT2D eigenvalue weighted by Gasteiger charge is -2.42. The summed E-state index contributed by atoms with van der Waals surface area (Å²) < 4.78 is 35.5. The Labute approximate surface area is 393 Å². The van der Waals surface area contributed by atoms with Crippen molar-refractivity contribution >= 4 is 29.2 Å². The van der Waals surface area contributed by atoms with E-state index in [4.69, 9.17) is 28.4 Å². The summed E-state index contributed by atoms with van der Waals surface area (Å²) in [4.78, 5) is 72.3. The fourth-order valence-electron chi connectivity index (χ4n) is 10.4. The van der Waals surface area contributed by atoms with Crippen molar-refractivity contribution in [2.75, 3.05) is 35.0 Å². The molecule has 2 saturated heterocycles. The summed E-state index contributed by atoms with van der Waals surface area (Å²) in [6, 6.07) is -1.12. The van der Waals surface area contributed by atoms with Crippen LogP contribution in [0.3, 0.4) is 0 Å². The molecule has 3 aliphatic heterocycles. The maximum absolute atomic E-state index is 14.4. The van der Waals surface area contributed by atoms with Crippen LogP contribution in [-0.2, 0) is 52.4 Å². The van der Waals surface area contributed by atoms with Crippen LogP contribution in [0.4, 0.5) is 0 Å². The van der Waals surface area contributed by atoms with E-state index >= 15 is 0 Å². The van der Waals surface area contributed by atoms with E-state index in [1.165, 1.54) is 19.1 Å². The van der Waals surface area contributed by atoms with Gasteiger partial charge in [0.1, 0.15) is 30.1 Å². The highest BCUT2D eigenvalue weighted by atomic mass is 16.6. The number of allylic oxidation sites excluding steroid dienone is 6. The van der Waals surface area contributed by atoms with Gasteiger partial charge in [-0.1, -0.05) is 71.1 Å². The highest BCUT2D eigenvalue weighted by molar-refractivity contribution is 6.39. The number of Topliss-reactive ketones (excluding diaryl/α,β-unsaturated/α-hetero) is 3. The van der Waals surface area contributed by atoms with Gasteiger partial charge in [0.25, 0.3) is 11.7 Å². The van der Waals surface area contributed by atoms with Crippen LogP contribution in [0.25, 0.3) is 0 Å². The molecular weight excluding hydrogens is 847 g/mol. The van der Waals surface area contributed by atoms with Crippen LogP contribution in [0.1, 0.15) is 126 Å². The summed E-state index contributed by atoms with van der Waals surface area (Å²) >= 11 is 0. The zero-order valence-electron chi connectivity index (χ0n) is 41.6. The fourth-order valence-corrected chi connectivity index (χ4v) is 10.4. The van der Waals surface area contributed by atoms with E-state index in [0.29, 0.717) is 63.4 Å². The van der Waals surface area contributed by atoms with Gasteiger partial charge in [-0.05, 0) is 107 Å². The molecular formula is C52H81NO13. The van der Waals surface area contributed by atoms with Crippen LogP contribution in [0.5, 0.6) is 0 Å². The Kier molecular flexibility index (Phi) is 21.6. The molecule has 1 amide bonds. The summed E-state index contributed by atoms with van der Waals surface area (Å²) in [6.07, 6.45) is 12.6. The van der Waals surface area contributed by atoms with Gasteiger partial charge in [-0.3, -0.25) is 19.2 Å². The predicted molar refractivity (Wildman–Crippen MR) is 250 cm³/mol. The Morgan fingerprint density at radius 2 is 1.53 bits per heavy atom. The van der Waals surface area contributed by atoms with Crippen LogP contribution in [-0.4, -0.2) is 134 Å². The van der Waals surface area contributed by atoms with Crippen molar-refractivity contribution in [3.63, 3.8) is 0 Å². The molecule has 3 fully saturated rings. The quantitative estimate of drug-likeness (QED) is 0.154. The maximum Gasteiger partial charge on any atom is 0.329 e. The Hall–Kier alpha value is -3.37. The zero-order chi connectivity index (χ0) is 48.9. The summed E-state index contributed by atoms with van der Waals surface area (Å²) in [5.74, 6) is -7.45. The molecule has 1 saturated carbocycles. The first kappa shape index (κ1) is 55.2. The third-order valence-corrected chi connectivity index (χ3v) is 14.7. The van der Waals surface area contributed by atoms with Gasteiger partial charge in [0.05, 0.1) is 24.4 Å². The summed E-state index contributed by atoms with van der Waals surface area (Å²) in [7, 11) is 6.15. The molecule has 14 heteroatoms. The Morgan fingerprint density at radius 3 is 2.20 bits per heavy atom. The van der Waals surface area contributed by atoms with Gasteiger partial charge < -0.3 is 43.5 Å². The van der Waals surface area contributed by atoms with Gasteiger partial charge in [-0.25, -0.2) is 4.79 Å². The number of rotatable bonds is 7. The lowest BCUT2D eigenvalue weighted by Crippen LogP contribution is -2.61. The highest BCUT2D eigenvalue weighted by Crippen LogP contribution is 2.38. The van der Waals surface area contributed by atoms with Gasteiger partial charge in [0, 0.05) is 65.6 Å². The van der Waals surface area contributed by atoms with Gasteiger partial charge >= 0.3 is 5.97 Å². The van der Waals surface area contributed by atoms with E-state index in [1.54, 1.807) is 41.1 Å². The largest absolute Gasteiger partial charge is 0.460 e. The lowest BCUT2D eigenvalue weighted by molar-refractivity contribution is -0.265. The number of esters is 1. The Morgan fingerprint density at radius 1 is 0.818 bits per heavy atom. The molecule has 0 aromatic heterocycles. The number of ketones is 3. The first-order chi connectivity index (χ1) is 31.3. The molecule has 0 radical (unpaired) electrons. The number of fused-ring (bicyclic) bond motifs is 3. The molecule has 3 heterocycles. The van der Waals surface area contributed by atoms with Crippen molar-refractivity contribution in [1.29, 1.82) is 0 Å². The van der Waals surface area contributed by atoms with Gasteiger partial charge in [-0.15, -0.1) is 0 Å². The standard InChI is InChI=1S/C52H81NO13/c1-31-17-13-12-14-18-32(2)43(61-8)29-39-22-20-37(7)52(60,66-39)49(57)50(58)53-24-16-15-19-40(53)51(59)65-44(34(4)27-38-21-23-41(54)45(28-38)62-9)30-42(55)33(3)26-36(6)47(63-10)48(64-11)46(56)35(5)25-31/h12-14,17-18,26,31,33-35,37-41,43-45,47-48,54,60H,15-16,19-25,27-30H2,1-11H3/b14-12?,17-13-,32-18?,36-26-/t31-,33-,34-,35-,37-,38+,39+,40+,41-,43+,44+,45-,47-,48+,52-/m1/s1. The number of nitrogens with zero attached hydrogens (tertiary/aromatic N) is 1. The molecule has 0 aromatic rings. The molecule has 14 nitrogen and oxygen atoms in total. The van der Waals surface area contributed by atoms with Crippen LogP contribution in [0, 0.1) is 35.5 Å². The average molecular weight is 928 g/mol. The Balaban J connectivity index is 1.72. The second-order valence-electron chi connectivity index (χ2n) is 19.8. The molecule has 15 atom stereocenters. The molecule has 2 bridgehead atoms. The monoisotopic (exact) mass is 928 g/mol. The molecule has 66 heavy (non-hydrogen) atoms. The zero-order valence-corrected chi connectivity index (χ0v) is 41.6. The summed E-state index contributed by atoms with van der Waals surface area (Å²) in [5.41, 5.74) is 1.54. The number of carbonyl (C=O) groups is 5. The van der Waals surface area contributed by atoms with E-state index in [-0.39, 0.29) is 60.7 Å². The second kappa shape index (κ2) is 25.8. The fraction of sp³-hybridized carbons (Fsp3) is 0.750. The topological polar surface area (TPSA) is 184 Å². The van der Waals surface area contributed by atoms with Gasteiger partial charge in [-0.2, -0.15) is 0 Å². The van der Waals surface area contributed by atoms with E-state index in [9.17, 15) is 34.2 Å². The van der Waals surface area contributed by atoms with Gasteiger partial charge in [0.2, 0.25) is 5.79 Å². The number of amides is 1. The first-order valence-electron chi connectivity index (χ1n) is 24.3. The molecule has 372 valence electrons. The molecule has 0 aromatic carbocycles. The van der Waals surface area contributed by atoms with Crippen molar-refractivity contribution in [1.82, 2.24) is 4.90 Å². The minimum Gasteiger partial charge on any atom is -0.460 e. The minimum atomic E-state index is -2.42. The lowest BCUT2D eigenvalue weighted by atomic mass is 9.78. The van der Waals surface area contributed by atoms with Gasteiger partial charge in [0.15, 0.2) is 5.78 Å². The summed E-state index contributed by atoms with van der Waals surface area (Å²) in [6.45, 7) is 13.1. The first-order valence-corrected chi connectivity index (χ1v) is 24.3. The molecule has 1 aliphatic carbocycles. The second-order valence-corrected chi connectivity index (χ2v) is 19.8. The predicted octanol–water partition coefficient (Wildman–Crippen LogP) is 6.83. The third kappa shape index (κ3) is 14.3. The van der Waals surface area contributed by atoms with E-state index < -0.39 is 77.9 Å². The van der Waals surface area contributed by atoms with Crippen molar-refractivity contribution in [3.8, 4) is 0 Å².